The van der Waals surface area contributed by atoms with Crippen LogP contribution in [0.1, 0.15) is 29.5 Å². The predicted molar refractivity (Wildman–Crippen MR) is 98.9 cm³/mol. The van der Waals surface area contributed by atoms with E-state index in [1.54, 1.807) is 0 Å². The van der Waals surface area contributed by atoms with Crippen molar-refractivity contribution >= 4 is 5.82 Å². The van der Waals surface area contributed by atoms with Gasteiger partial charge in [0.25, 0.3) is 0 Å². The van der Waals surface area contributed by atoms with Gasteiger partial charge in [0.15, 0.2) is 0 Å². The van der Waals surface area contributed by atoms with Gasteiger partial charge in [-0.15, -0.1) is 0 Å². The summed E-state index contributed by atoms with van der Waals surface area (Å²) >= 11 is 0. The molecule has 25 heavy (non-hydrogen) atoms. The lowest BCUT2D eigenvalue weighted by Crippen LogP contribution is -2.43. The van der Waals surface area contributed by atoms with E-state index >= 15 is 0 Å². The molecule has 5 heteroatoms. The van der Waals surface area contributed by atoms with Crippen molar-refractivity contribution in [3.8, 4) is 0 Å². The number of benzene rings is 1. The second-order valence-corrected chi connectivity index (χ2v) is 6.87. The van der Waals surface area contributed by atoms with Crippen LogP contribution in [0, 0.1) is 6.92 Å². The molecule has 2 aromatic rings. The monoisotopic (exact) mass is 338 g/mol. The van der Waals surface area contributed by atoms with Crippen LogP contribution < -0.4 is 4.90 Å². The van der Waals surface area contributed by atoms with Crippen LogP contribution in [-0.2, 0) is 11.2 Å². The van der Waals surface area contributed by atoms with E-state index in [2.05, 4.69) is 51.2 Å². The maximum atomic E-state index is 5.46. The molecule has 132 valence electrons. The van der Waals surface area contributed by atoms with Crippen molar-refractivity contribution in [3.63, 3.8) is 0 Å². The van der Waals surface area contributed by atoms with Crippen LogP contribution >= 0.6 is 0 Å². The third-order valence-electron chi connectivity index (χ3n) is 5.18. The van der Waals surface area contributed by atoms with Crippen molar-refractivity contribution in [2.24, 2.45) is 0 Å². The highest BCUT2D eigenvalue weighted by Gasteiger charge is 2.31. The molecule has 1 aromatic carbocycles. The Morgan fingerprint density at radius 2 is 1.88 bits per heavy atom. The van der Waals surface area contributed by atoms with Gasteiger partial charge >= 0.3 is 0 Å². The predicted octanol–water partition coefficient (Wildman–Crippen LogP) is 2.61. The number of hydrogen-bond acceptors (Lipinski definition) is 5. The molecule has 1 aromatic heterocycles. The fourth-order valence-electron chi connectivity index (χ4n) is 3.66. The van der Waals surface area contributed by atoms with E-state index in [1.807, 2.05) is 6.92 Å². The van der Waals surface area contributed by atoms with Gasteiger partial charge in [-0.3, -0.25) is 4.90 Å². The molecular formula is C20H26N4O. The summed E-state index contributed by atoms with van der Waals surface area (Å²) in [5.41, 5.74) is 2.58. The first-order chi connectivity index (χ1) is 12.3. The van der Waals surface area contributed by atoms with Gasteiger partial charge in [0.1, 0.15) is 11.6 Å². The number of aryl methyl sites for hydroxylation is 1. The third-order valence-corrected chi connectivity index (χ3v) is 5.18. The highest BCUT2D eigenvalue weighted by molar-refractivity contribution is 5.41. The normalized spacial score (nSPS) is 21.2. The molecule has 4 rings (SSSR count). The van der Waals surface area contributed by atoms with Crippen LogP contribution in [0.4, 0.5) is 5.82 Å². The Balaban J connectivity index is 1.44. The number of hydrogen-bond donors (Lipinski definition) is 0. The number of nitrogens with zero attached hydrogens (tertiary/aromatic N) is 4. The maximum Gasteiger partial charge on any atom is 0.132 e. The molecule has 0 unspecified atom stereocenters. The van der Waals surface area contributed by atoms with Crippen molar-refractivity contribution in [1.82, 2.24) is 14.9 Å². The van der Waals surface area contributed by atoms with Gasteiger partial charge in [0.2, 0.25) is 0 Å². The van der Waals surface area contributed by atoms with Crippen molar-refractivity contribution < 1.29 is 4.74 Å². The Morgan fingerprint density at radius 1 is 1.08 bits per heavy atom. The van der Waals surface area contributed by atoms with Crippen LogP contribution in [0.15, 0.2) is 36.4 Å². The maximum absolute atomic E-state index is 5.46. The smallest absolute Gasteiger partial charge is 0.132 e. The molecule has 0 radical (unpaired) electrons. The van der Waals surface area contributed by atoms with E-state index in [-0.39, 0.29) is 0 Å². The van der Waals surface area contributed by atoms with Gasteiger partial charge in [0.05, 0.1) is 24.9 Å². The van der Waals surface area contributed by atoms with Crippen LogP contribution in [-0.4, -0.2) is 54.3 Å². The minimum Gasteiger partial charge on any atom is -0.378 e. The van der Waals surface area contributed by atoms with Gasteiger partial charge in [0, 0.05) is 32.2 Å². The lowest BCUT2D eigenvalue weighted by atomic mass is 9.98. The minimum atomic E-state index is 0.435. The van der Waals surface area contributed by atoms with Gasteiger partial charge in [-0.2, -0.15) is 0 Å². The van der Waals surface area contributed by atoms with E-state index in [0.29, 0.717) is 6.04 Å². The third kappa shape index (κ3) is 3.83. The molecular weight excluding hydrogens is 312 g/mol. The number of morpholine rings is 1. The molecule has 0 N–H and O–H groups in total. The Labute approximate surface area is 149 Å². The summed E-state index contributed by atoms with van der Waals surface area (Å²) in [6.45, 7) is 7.64. The summed E-state index contributed by atoms with van der Waals surface area (Å²) < 4.78 is 5.46. The highest BCUT2D eigenvalue weighted by Crippen LogP contribution is 2.33. The molecule has 1 atom stereocenters. The van der Waals surface area contributed by atoms with Gasteiger partial charge in [-0.05, 0) is 25.3 Å². The molecule has 2 aliphatic heterocycles. The molecule has 2 fully saturated rings. The summed E-state index contributed by atoms with van der Waals surface area (Å²) in [6, 6.07) is 13.4. The van der Waals surface area contributed by atoms with Crippen LogP contribution in [0.5, 0.6) is 0 Å². The number of likely N-dealkylation sites (tertiary alicyclic amines) is 1. The molecule has 0 amide bonds. The average molecular weight is 338 g/mol. The fraction of sp³-hybridized carbons (Fsp3) is 0.500. The van der Waals surface area contributed by atoms with Crippen molar-refractivity contribution in [2.75, 3.05) is 44.3 Å². The first kappa shape index (κ1) is 16.5. The zero-order valence-electron chi connectivity index (χ0n) is 14.9. The van der Waals surface area contributed by atoms with E-state index < -0.39 is 0 Å². The molecule has 0 spiro atoms. The van der Waals surface area contributed by atoms with Crippen molar-refractivity contribution in [1.29, 1.82) is 0 Å². The summed E-state index contributed by atoms with van der Waals surface area (Å²) in [4.78, 5) is 14.3. The summed E-state index contributed by atoms with van der Waals surface area (Å²) in [5, 5.41) is 0. The topological polar surface area (TPSA) is 41.5 Å². The lowest BCUT2D eigenvalue weighted by molar-refractivity contribution is 0.0889. The van der Waals surface area contributed by atoms with Crippen molar-refractivity contribution in [2.45, 2.75) is 25.8 Å². The molecule has 3 heterocycles. The summed E-state index contributed by atoms with van der Waals surface area (Å²) in [7, 11) is 0. The summed E-state index contributed by atoms with van der Waals surface area (Å²) in [5.74, 6) is 1.93. The standard InChI is InChI=1S/C20H26N4O/c1-16-21-18(15-20(22-16)24-11-13-25-14-12-24)19-8-10-23(19)9-7-17-5-3-2-4-6-17/h2-6,15,19H,7-14H2,1H3/t19-/m0/s1. The van der Waals surface area contributed by atoms with E-state index in [0.717, 1.165) is 57.5 Å². The Hall–Kier alpha value is -1.98. The molecule has 0 saturated carbocycles. The van der Waals surface area contributed by atoms with Gasteiger partial charge in [-0.1, -0.05) is 30.3 Å². The first-order valence-corrected chi connectivity index (χ1v) is 9.26. The molecule has 0 aliphatic carbocycles. The van der Waals surface area contributed by atoms with Crippen LogP contribution in [0.3, 0.4) is 0 Å². The number of anilines is 1. The highest BCUT2D eigenvalue weighted by atomic mass is 16.5. The fourth-order valence-corrected chi connectivity index (χ4v) is 3.66. The Kier molecular flexibility index (Phi) is 4.95. The summed E-state index contributed by atoms with van der Waals surface area (Å²) in [6.07, 6.45) is 2.28. The largest absolute Gasteiger partial charge is 0.378 e. The first-order valence-electron chi connectivity index (χ1n) is 9.26. The molecule has 2 aliphatic rings. The lowest BCUT2D eigenvalue weighted by Gasteiger charge is -2.41. The zero-order chi connectivity index (χ0) is 17.1. The van der Waals surface area contributed by atoms with Gasteiger partial charge < -0.3 is 9.64 Å². The number of aromatic nitrogens is 2. The molecule has 2 saturated heterocycles. The second kappa shape index (κ2) is 7.50. The zero-order valence-corrected chi connectivity index (χ0v) is 14.9. The second-order valence-electron chi connectivity index (χ2n) is 6.87. The SMILES string of the molecule is Cc1nc([C@@H]2CCN2CCc2ccccc2)cc(N2CCOCC2)n1. The number of ether oxygens (including phenoxy) is 1. The van der Waals surface area contributed by atoms with Crippen LogP contribution in [0.2, 0.25) is 0 Å². The number of rotatable bonds is 5. The van der Waals surface area contributed by atoms with E-state index in [1.165, 1.54) is 17.7 Å². The average Bonchev–Trinajstić information content (AvgIpc) is 2.62. The molecule has 5 nitrogen and oxygen atoms in total. The van der Waals surface area contributed by atoms with E-state index in [9.17, 15) is 0 Å². The molecule has 0 bridgehead atoms. The van der Waals surface area contributed by atoms with E-state index in [4.69, 9.17) is 9.72 Å². The Bertz CT molecular complexity index is 700. The van der Waals surface area contributed by atoms with Crippen LogP contribution in [0.25, 0.3) is 0 Å². The minimum absolute atomic E-state index is 0.435. The van der Waals surface area contributed by atoms with Crippen molar-refractivity contribution in [3.05, 3.63) is 53.5 Å². The Morgan fingerprint density at radius 3 is 2.60 bits per heavy atom. The quantitative estimate of drug-likeness (QED) is 0.838. The van der Waals surface area contributed by atoms with Gasteiger partial charge in [-0.25, -0.2) is 9.97 Å².